The maximum Gasteiger partial charge on any atom is 0.407 e. The quantitative estimate of drug-likeness (QED) is 0.518. The van der Waals surface area contributed by atoms with E-state index in [-0.39, 0.29) is 6.04 Å². The zero-order chi connectivity index (χ0) is 17.9. The maximum absolute atomic E-state index is 11.7. The Hall–Kier alpha value is -1.35. The van der Waals surface area contributed by atoms with Gasteiger partial charge in [0.15, 0.2) is 5.69 Å². The first-order chi connectivity index (χ1) is 11.2. The van der Waals surface area contributed by atoms with Crippen LogP contribution in [0.15, 0.2) is 16.6 Å². The maximum atomic E-state index is 11.7. The molecule has 0 fully saturated rings. The highest BCUT2D eigenvalue weighted by Crippen LogP contribution is 2.33. The van der Waals surface area contributed by atoms with Crippen LogP contribution in [0, 0.1) is 0 Å². The van der Waals surface area contributed by atoms with Gasteiger partial charge in [0.1, 0.15) is 11.3 Å². The number of nitrogens with two attached hydrogens (primary N) is 1. The summed E-state index contributed by atoms with van der Waals surface area (Å²) in [5.74, 6) is 0. The molecule has 1 amide bonds. The molecule has 1 atom stereocenters. The van der Waals surface area contributed by atoms with Gasteiger partial charge in [-0.05, 0) is 55.3 Å². The fraction of sp³-hybridized carbons (Fsp3) is 0.562. The number of anilines is 1. The normalized spacial score (nSPS) is 15.2. The summed E-state index contributed by atoms with van der Waals surface area (Å²) in [4.78, 5) is 11.7. The molecule has 0 saturated heterocycles. The highest BCUT2D eigenvalue weighted by atomic mass is 79.9. The Morgan fingerprint density at radius 2 is 2.17 bits per heavy atom. The number of nitrogens with zero attached hydrogens (tertiary/aromatic N) is 1. The fourth-order valence-corrected chi connectivity index (χ4v) is 3.15. The summed E-state index contributed by atoms with van der Waals surface area (Å²) < 4.78 is 12.0. The number of amides is 1. The van der Waals surface area contributed by atoms with Crippen LogP contribution in [0.5, 0.6) is 0 Å². The molecule has 1 aliphatic rings. The van der Waals surface area contributed by atoms with E-state index >= 15 is 0 Å². The van der Waals surface area contributed by atoms with Gasteiger partial charge in [-0.1, -0.05) is 5.53 Å². The molecule has 134 valence electrons. The zero-order valence-corrected chi connectivity index (χ0v) is 16.4. The van der Waals surface area contributed by atoms with E-state index in [0.717, 1.165) is 21.4 Å². The number of ether oxygens (including phenoxy) is 2. The smallest absolute Gasteiger partial charge is 0.407 e. The zero-order valence-electron chi connectivity index (χ0n) is 14.8. The molecule has 4 N–H and O–H groups in total. The van der Waals surface area contributed by atoms with Crippen molar-refractivity contribution in [2.24, 2.45) is 0 Å². The molecule has 1 heterocycles. The van der Waals surface area contributed by atoms with Crippen LogP contribution >= 0.6 is 15.9 Å². The van der Waals surface area contributed by atoms with Crippen LogP contribution in [0.1, 0.15) is 33.3 Å². The predicted octanol–water partition coefficient (Wildman–Crippen LogP) is 1.94. The second-order valence-corrected chi connectivity index (χ2v) is 7.76. The van der Waals surface area contributed by atoms with Crippen molar-refractivity contribution in [3.63, 3.8) is 0 Å². The number of carbonyl (C=O) groups excluding carboxylic acids is 1. The number of fused-ring (bicyclic) bond motifs is 1. The first kappa shape index (κ1) is 19.0. The van der Waals surface area contributed by atoms with Crippen LogP contribution in [0.3, 0.4) is 0 Å². The van der Waals surface area contributed by atoms with Crippen LogP contribution in [-0.4, -0.2) is 31.4 Å². The lowest BCUT2D eigenvalue weighted by atomic mass is 10.2. The van der Waals surface area contributed by atoms with Crippen LogP contribution in [0.25, 0.3) is 0 Å². The highest BCUT2D eigenvalue weighted by Gasteiger charge is 2.23. The minimum absolute atomic E-state index is 0.128. The number of carbonyl (C=O) groups is 1. The molecule has 0 spiro atoms. The minimum atomic E-state index is -0.501. The van der Waals surface area contributed by atoms with Gasteiger partial charge in [0.2, 0.25) is 0 Å². The lowest BCUT2D eigenvalue weighted by molar-refractivity contribution is -0.625. The second kappa shape index (κ2) is 7.69. The van der Waals surface area contributed by atoms with Gasteiger partial charge in [-0.3, -0.25) is 5.01 Å². The number of hydrazine groups is 1. The van der Waals surface area contributed by atoms with Gasteiger partial charge in [0.05, 0.1) is 19.3 Å². The number of benzene rings is 1. The van der Waals surface area contributed by atoms with Gasteiger partial charge in [-0.2, -0.15) is 0 Å². The van der Waals surface area contributed by atoms with Gasteiger partial charge in [-0.25, -0.2) is 10.2 Å². The molecule has 8 heteroatoms. The Bertz CT molecular complexity index is 604. The van der Waals surface area contributed by atoms with Crippen molar-refractivity contribution in [1.82, 2.24) is 10.9 Å². The highest BCUT2D eigenvalue weighted by molar-refractivity contribution is 9.10. The van der Waals surface area contributed by atoms with Crippen LogP contribution < -0.4 is 21.3 Å². The van der Waals surface area contributed by atoms with Crippen molar-refractivity contribution in [3.05, 3.63) is 22.2 Å². The number of alkyl carbamates (subject to hydrolysis) is 1. The molecular formula is C16H26BrN4O3+. The third-order valence-electron chi connectivity index (χ3n) is 3.30. The fourth-order valence-electron chi connectivity index (χ4n) is 2.36. The van der Waals surface area contributed by atoms with E-state index in [1.807, 2.05) is 51.2 Å². The molecule has 24 heavy (non-hydrogen) atoms. The van der Waals surface area contributed by atoms with E-state index in [2.05, 4.69) is 32.8 Å². The molecule has 2 rings (SSSR count). The molecule has 7 nitrogen and oxygen atoms in total. The van der Waals surface area contributed by atoms with Crippen molar-refractivity contribution in [2.75, 3.05) is 18.7 Å². The molecule has 0 bridgehead atoms. The molecule has 0 unspecified atom stereocenters. The van der Waals surface area contributed by atoms with Crippen LogP contribution in [0.2, 0.25) is 0 Å². The Morgan fingerprint density at radius 3 is 2.83 bits per heavy atom. The first-order valence-corrected chi connectivity index (χ1v) is 8.68. The lowest BCUT2D eigenvalue weighted by Gasteiger charge is -2.22. The number of hydrogen-bond acceptors (Lipinski definition) is 5. The van der Waals surface area contributed by atoms with Crippen molar-refractivity contribution in [2.45, 2.75) is 45.9 Å². The summed E-state index contributed by atoms with van der Waals surface area (Å²) in [5, 5.41) is 4.72. The van der Waals surface area contributed by atoms with Crippen LogP contribution in [-0.2, 0) is 16.1 Å². The van der Waals surface area contributed by atoms with E-state index in [1.54, 1.807) is 0 Å². The topological polar surface area (TPSA) is 79.4 Å². The summed E-state index contributed by atoms with van der Waals surface area (Å²) in [5.41, 5.74) is 7.89. The number of rotatable bonds is 5. The summed E-state index contributed by atoms with van der Waals surface area (Å²) in [6, 6.07) is 4.00. The number of halogens is 1. The van der Waals surface area contributed by atoms with Gasteiger partial charge < -0.3 is 14.8 Å². The lowest BCUT2D eigenvalue weighted by Crippen LogP contribution is -2.87. The van der Waals surface area contributed by atoms with E-state index in [9.17, 15) is 4.79 Å². The Labute approximate surface area is 151 Å². The van der Waals surface area contributed by atoms with Crippen molar-refractivity contribution < 1.29 is 19.7 Å². The standard InChI is InChI=1S/C16H25BrN4O3/c1-10(18-15(22)24-16(2,3)4)8-23-9-11-6-12(17)14-13(7-11)19-20-21(14)5/h6-7,10,19-20H,8-9H2,1-5H3,(H,18,22)/p+1/t10-/m1/s1. The molecule has 0 radical (unpaired) electrons. The summed E-state index contributed by atoms with van der Waals surface area (Å²) in [6.07, 6.45) is -0.428. The number of nitrogens with one attached hydrogen (secondary N) is 2. The molecule has 1 aliphatic heterocycles. The molecule has 1 aromatic rings. The average Bonchev–Trinajstić information content (AvgIpc) is 2.78. The summed E-state index contributed by atoms with van der Waals surface area (Å²) >= 11 is 3.59. The Morgan fingerprint density at radius 1 is 1.46 bits per heavy atom. The summed E-state index contributed by atoms with van der Waals surface area (Å²) in [7, 11) is 1.97. The van der Waals surface area contributed by atoms with Crippen molar-refractivity contribution in [1.29, 1.82) is 0 Å². The van der Waals surface area contributed by atoms with Gasteiger partial charge >= 0.3 is 6.09 Å². The number of hydrogen-bond donors (Lipinski definition) is 3. The minimum Gasteiger partial charge on any atom is -0.444 e. The van der Waals surface area contributed by atoms with Gasteiger partial charge in [0, 0.05) is 17.6 Å². The van der Waals surface area contributed by atoms with E-state index in [4.69, 9.17) is 9.47 Å². The van der Waals surface area contributed by atoms with Crippen LogP contribution in [0.4, 0.5) is 16.2 Å². The predicted molar refractivity (Wildman–Crippen MR) is 95.8 cm³/mol. The molecular weight excluding hydrogens is 376 g/mol. The van der Waals surface area contributed by atoms with E-state index in [1.165, 1.54) is 0 Å². The summed E-state index contributed by atoms with van der Waals surface area (Å²) in [6.45, 7) is 8.28. The largest absolute Gasteiger partial charge is 0.444 e. The molecule has 0 aromatic heterocycles. The third-order valence-corrected chi connectivity index (χ3v) is 3.91. The SMILES string of the molecule is C[C@H](COCc1cc(Br)c2c(c1)[NH2+]NN2C)NC(=O)OC(C)(C)C. The van der Waals surface area contributed by atoms with E-state index < -0.39 is 11.7 Å². The van der Waals surface area contributed by atoms with Gasteiger partial charge in [-0.15, -0.1) is 0 Å². The number of quaternary nitrogens is 1. The Kier molecular flexibility index (Phi) is 6.08. The van der Waals surface area contributed by atoms with Crippen molar-refractivity contribution in [3.8, 4) is 0 Å². The van der Waals surface area contributed by atoms with Gasteiger partial charge in [0.25, 0.3) is 0 Å². The average molecular weight is 402 g/mol. The van der Waals surface area contributed by atoms with Crippen molar-refractivity contribution >= 4 is 33.4 Å². The third kappa shape index (κ3) is 5.34. The molecule has 0 aliphatic carbocycles. The van der Waals surface area contributed by atoms with E-state index in [0.29, 0.717) is 13.2 Å². The molecule has 0 saturated carbocycles. The second-order valence-electron chi connectivity index (χ2n) is 6.91. The monoisotopic (exact) mass is 401 g/mol. The molecule has 1 aromatic carbocycles. The Balaban J connectivity index is 1.80. The first-order valence-electron chi connectivity index (χ1n) is 7.88.